The summed E-state index contributed by atoms with van der Waals surface area (Å²) in [6.07, 6.45) is -2.41. The van der Waals surface area contributed by atoms with Gasteiger partial charge in [0.05, 0.1) is 6.61 Å². The average Bonchev–Trinajstić information content (AvgIpc) is 3.22. The Kier molecular flexibility index (Phi) is 7.65. The smallest absolute Gasteiger partial charge is 0.413 e. The van der Waals surface area contributed by atoms with Crippen LogP contribution >= 0.6 is 0 Å². The maximum absolute atomic E-state index is 13.3. The monoisotopic (exact) mass is 568 g/mol. The molecule has 2 aliphatic rings. The molecule has 1 amide bonds. The molecule has 0 saturated carbocycles. The summed E-state index contributed by atoms with van der Waals surface area (Å²) in [6, 6.07) is 0. The quantitative estimate of drug-likeness (QED) is 0.501. The summed E-state index contributed by atoms with van der Waals surface area (Å²) in [5.41, 5.74) is -2.34. The molecule has 3 rings (SSSR count). The van der Waals surface area contributed by atoms with Crippen LogP contribution in [0.15, 0.2) is 15.8 Å². The van der Waals surface area contributed by atoms with Crippen molar-refractivity contribution in [2.75, 3.05) is 6.61 Å². The zero-order chi connectivity index (χ0) is 29.2. The van der Waals surface area contributed by atoms with E-state index in [1.807, 2.05) is 13.1 Å². The van der Waals surface area contributed by atoms with Crippen LogP contribution in [0.5, 0.6) is 0 Å². The van der Waals surface area contributed by atoms with Crippen LogP contribution in [0, 0.1) is 12.3 Å². The Labute approximate surface area is 226 Å². The zero-order valence-corrected chi connectivity index (χ0v) is 26.8. The minimum absolute atomic E-state index is 0.0290. The highest BCUT2D eigenvalue weighted by atomic mass is 28.4. The molecule has 4 unspecified atom stereocenters. The second-order valence-corrected chi connectivity index (χ2v) is 23.0. The van der Waals surface area contributed by atoms with Crippen molar-refractivity contribution in [1.29, 1.82) is 5.41 Å². The summed E-state index contributed by atoms with van der Waals surface area (Å²) < 4.78 is 28.0. The Morgan fingerprint density at radius 2 is 1.61 bits per heavy atom. The number of carbonyl (C=O) groups excluding carboxylic acids is 1. The number of carbonyl (C=O) groups is 1. The summed E-state index contributed by atoms with van der Waals surface area (Å²) in [6.45, 7) is 22.5. The van der Waals surface area contributed by atoms with Crippen molar-refractivity contribution in [1.82, 2.24) is 14.5 Å². The molecule has 2 saturated heterocycles. The lowest BCUT2D eigenvalue weighted by molar-refractivity contribution is -0.0566. The minimum Gasteiger partial charge on any atom is -0.429 e. The second-order valence-electron chi connectivity index (χ2n) is 13.4. The van der Waals surface area contributed by atoms with Gasteiger partial charge in [-0.05, 0) is 43.2 Å². The molecule has 11 nitrogen and oxygen atoms in total. The van der Waals surface area contributed by atoms with E-state index in [2.05, 4.69) is 60.0 Å². The van der Waals surface area contributed by atoms with Gasteiger partial charge in [0.25, 0.3) is 5.56 Å². The Bertz CT molecular complexity index is 1240. The van der Waals surface area contributed by atoms with E-state index in [1.165, 1.54) is 17.8 Å². The maximum Gasteiger partial charge on any atom is 0.413 e. The van der Waals surface area contributed by atoms with Crippen molar-refractivity contribution < 1.29 is 23.1 Å². The molecule has 2 aliphatic heterocycles. The number of amides is 1. The fraction of sp³-hybridized carbons (Fsp3) is 0.760. The van der Waals surface area contributed by atoms with E-state index in [-0.39, 0.29) is 22.5 Å². The van der Waals surface area contributed by atoms with Crippen LogP contribution in [-0.2, 0) is 25.4 Å². The lowest BCUT2D eigenvalue weighted by Gasteiger charge is -2.43. The topological polar surface area (TPSA) is 134 Å². The predicted octanol–water partition coefficient (Wildman–Crippen LogP) is 3.62. The number of alkyl carbamates (subject to hydrolysis) is 1. The molecule has 1 aromatic heterocycles. The molecule has 38 heavy (non-hydrogen) atoms. The van der Waals surface area contributed by atoms with E-state index in [4.69, 9.17) is 23.7 Å². The van der Waals surface area contributed by atoms with Gasteiger partial charge < -0.3 is 18.3 Å². The lowest BCUT2D eigenvalue weighted by atomic mass is 9.91. The number of amidine groups is 1. The average molecular weight is 569 g/mol. The van der Waals surface area contributed by atoms with Gasteiger partial charge in [0, 0.05) is 18.8 Å². The van der Waals surface area contributed by atoms with Gasteiger partial charge in [0.15, 0.2) is 28.7 Å². The minimum atomic E-state index is -2.58. The third-order valence-electron chi connectivity index (χ3n) is 8.73. The predicted molar refractivity (Wildman–Crippen MR) is 150 cm³/mol. The highest BCUT2D eigenvalue weighted by Crippen LogP contribution is 2.49. The molecule has 0 radical (unpaired) electrons. The maximum atomic E-state index is 13.3. The Hall–Kier alpha value is -2.07. The third-order valence-corrected chi connectivity index (χ3v) is 17.7. The van der Waals surface area contributed by atoms with Crippen LogP contribution in [0.1, 0.15) is 53.3 Å². The summed E-state index contributed by atoms with van der Waals surface area (Å²) in [7, 11) is -3.45. The molecule has 1 aromatic rings. The Morgan fingerprint density at radius 3 is 2.08 bits per heavy atom. The molecule has 0 aliphatic carbocycles. The number of hydrogen-bond donors (Lipinski definition) is 2. The highest BCUT2D eigenvalue weighted by Gasteiger charge is 2.68. The standard InChI is InChI=1S/C25H44N4O7Si2/c1-15-13-29(22(32)28(8)18(15)30)19-17(36-38(11,12)24(5,6)7)25(20(26)27-21(31)35-25)16(34-19)14-33-37(9,10)23(2,3)4/h13,16-17,19H,14H2,1-12H3,(H2,26,27,31). The van der Waals surface area contributed by atoms with Crippen LogP contribution in [0.25, 0.3) is 0 Å². The van der Waals surface area contributed by atoms with E-state index >= 15 is 0 Å². The van der Waals surface area contributed by atoms with Crippen molar-refractivity contribution in [2.45, 2.75) is 109 Å². The summed E-state index contributed by atoms with van der Waals surface area (Å²) in [5, 5.41) is 11.0. The fourth-order valence-corrected chi connectivity index (χ4v) is 6.41. The number of ether oxygens (including phenoxy) is 2. The number of hydrogen-bond acceptors (Lipinski definition) is 8. The van der Waals surface area contributed by atoms with E-state index in [0.29, 0.717) is 5.56 Å². The van der Waals surface area contributed by atoms with Crippen LogP contribution in [0.3, 0.4) is 0 Å². The molecule has 2 N–H and O–H groups in total. The van der Waals surface area contributed by atoms with E-state index in [9.17, 15) is 14.4 Å². The summed E-state index contributed by atoms with van der Waals surface area (Å²) >= 11 is 0. The van der Waals surface area contributed by atoms with Crippen molar-refractivity contribution >= 4 is 28.6 Å². The van der Waals surface area contributed by atoms with Gasteiger partial charge in [-0.2, -0.15) is 0 Å². The van der Waals surface area contributed by atoms with E-state index in [1.54, 1.807) is 6.92 Å². The van der Waals surface area contributed by atoms with Gasteiger partial charge in [-0.25, -0.2) is 9.59 Å². The van der Waals surface area contributed by atoms with Crippen LogP contribution in [0.2, 0.25) is 36.3 Å². The summed E-state index contributed by atoms with van der Waals surface area (Å²) in [4.78, 5) is 38.4. The molecule has 0 aromatic carbocycles. The zero-order valence-electron chi connectivity index (χ0n) is 24.8. The Morgan fingerprint density at radius 1 is 1.05 bits per heavy atom. The molecule has 3 heterocycles. The first-order valence-corrected chi connectivity index (χ1v) is 18.7. The first kappa shape index (κ1) is 30.5. The van der Waals surface area contributed by atoms with Crippen LogP contribution in [0.4, 0.5) is 4.79 Å². The molecule has 13 heteroatoms. The first-order valence-electron chi connectivity index (χ1n) is 12.9. The highest BCUT2D eigenvalue weighted by molar-refractivity contribution is 6.74. The van der Waals surface area contributed by atoms with Gasteiger partial charge in [-0.3, -0.25) is 24.7 Å². The number of aromatic nitrogens is 2. The molecule has 1 spiro atoms. The van der Waals surface area contributed by atoms with E-state index < -0.39 is 58.0 Å². The third kappa shape index (κ3) is 4.98. The molecule has 214 valence electrons. The molecule has 4 atom stereocenters. The van der Waals surface area contributed by atoms with Gasteiger partial charge in [-0.15, -0.1) is 0 Å². The number of rotatable bonds is 6. The number of aryl methyl sites for hydroxylation is 1. The normalized spacial score (nSPS) is 26.7. The number of nitrogens with one attached hydrogen (secondary N) is 2. The van der Waals surface area contributed by atoms with Crippen molar-refractivity contribution in [3.63, 3.8) is 0 Å². The first-order chi connectivity index (χ1) is 17.1. The second kappa shape index (κ2) is 9.54. The van der Waals surface area contributed by atoms with Gasteiger partial charge in [0.1, 0.15) is 12.2 Å². The van der Waals surface area contributed by atoms with Gasteiger partial charge in [0.2, 0.25) is 5.60 Å². The van der Waals surface area contributed by atoms with Crippen LogP contribution in [-0.4, -0.2) is 62.1 Å². The van der Waals surface area contributed by atoms with Gasteiger partial charge >= 0.3 is 11.8 Å². The van der Waals surface area contributed by atoms with Crippen molar-refractivity contribution in [3.05, 3.63) is 32.6 Å². The van der Waals surface area contributed by atoms with Crippen molar-refractivity contribution in [2.24, 2.45) is 7.05 Å². The Balaban J connectivity index is 2.23. The number of nitrogens with zero attached hydrogens (tertiary/aromatic N) is 2. The van der Waals surface area contributed by atoms with E-state index in [0.717, 1.165) is 4.57 Å². The molecular weight excluding hydrogens is 524 g/mol. The fourth-order valence-electron chi connectivity index (χ4n) is 4.13. The van der Waals surface area contributed by atoms with Crippen LogP contribution < -0.4 is 16.6 Å². The molecular formula is C25H44N4O7Si2. The van der Waals surface area contributed by atoms with Crippen molar-refractivity contribution in [3.8, 4) is 0 Å². The molecule has 0 bridgehead atoms. The van der Waals surface area contributed by atoms with Gasteiger partial charge in [-0.1, -0.05) is 41.5 Å². The molecule has 2 fully saturated rings. The SMILES string of the molecule is Cc1cn(C2OC(CO[Si](C)(C)C(C)(C)C)C3(OC(=O)NC3=N)C2O[Si](C)(C)C(C)(C)C)c(=O)n(C)c1=O. The lowest BCUT2D eigenvalue weighted by Crippen LogP contribution is -2.60. The largest absolute Gasteiger partial charge is 0.429 e. The summed E-state index contributed by atoms with van der Waals surface area (Å²) in [5.74, 6) is -0.202.